The predicted molar refractivity (Wildman–Crippen MR) is 127 cm³/mol. The zero-order chi connectivity index (χ0) is 23.8. The molecule has 0 aromatic heterocycles. The summed E-state index contributed by atoms with van der Waals surface area (Å²) in [4.78, 5) is 38.8. The van der Waals surface area contributed by atoms with E-state index in [1.54, 1.807) is 37.5 Å². The third-order valence-electron chi connectivity index (χ3n) is 4.86. The predicted octanol–water partition coefficient (Wildman–Crippen LogP) is 3.50. The van der Waals surface area contributed by atoms with E-state index in [-0.39, 0.29) is 30.7 Å². The van der Waals surface area contributed by atoms with Gasteiger partial charge in [0.25, 0.3) is 11.1 Å². The van der Waals surface area contributed by atoms with Gasteiger partial charge in [-0.1, -0.05) is 24.3 Å². The molecule has 174 valence electrons. The number of hydrogen-bond donors (Lipinski definition) is 1. The number of ether oxygens (including phenoxy) is 3. The summed E-state index contributed by atoms with van der Waals surface area (Å²) in [6, 6.07) is 12.6. The average Bonchev–Trinajstić information content (AvgIpc) is 3.07. The van der Waals surface area contributed by atoms with E-state index in [2.05, 4.69) is 5.32 Å². The fourth-order valence-electron chi connectivity index (χ4n) is 3.28. The number of amides is 3. The Kier molecular flexibility index (Phi) is 8.37. The second-order valence-electron chi connectivity index (χ2n) is 7.02. The molecule has 1 N–H and O–H groups in total. The number of nitrogens with one attached hydrogen (secondary N) is 1. The minimum atomic E-state index is -0.392. The summed E-state index contributed by atoms with van der Waals surface area (Å²) in [6.07, 6.45) is 1.79. The zero-order valence-corrected chi connectivity index (χ0v) is 19.6. The van der Waals surface area contributed by atoms with E-state index in [1.165, 1.54) is 7.11 Å². The van der Waals surface area contributed by atoms with Gasteiger partial charge in [0.2, 0.25) is 5.91 Å². The highest BCUT2D eigenvalue weighted by atomic mass is 32.2. The Labute approximate surface area is 196 Å². The first-order chi connectivity index (χ1) is 16.0. The van der Waals surface area contributed by atoms with Gasteiger partial charge in [0.15, 0.2) is 11.5 Å². The smallest absolute Gasteiger partial charge is 0.293 e. The topological polar surface area (TPSA) is 94.2 Å². The van der Waals surface area contributed by atoms with E-state index in [4.69, 9.17) is 14.2 Å². The number of benzene rings is 2. The molecule has 1 saturated heterocycles. The molecule has 0 saturated carbocycles. The maximum Gasteiger partial charge on any atom is 0.293 e. The van der Waals surface area contributed by atoms with Gasteiger partial charge >= 0.3 is 0 Å². The van der Waals surface area contributed by atoms with Crippen LogP contribution in [-0.4, -0.2) is 55.9 Å². The summed E-state index contributed by atoms with van der Waals surface area (Å²) in [5.74, 6) is 1.17. The van der Waals surface area contributed by atoms with Crippen molar-refractivity contribution in [3.05, 3.63) is 58.5 Å². The maximum atomic E-state index is 12.7. The molecule has 1 aliphatic heterocycles. The molecule has 1 heterocycles. The van der Waals surface area contributed by atoms with E-state index >= 15 is 0 Å². The van der Waals surface area contributed by atoms with Gasteiger partial charge in [0, 0.05) is 18.7 Å². The van der Waals surface area contributed by atoms with Crippen LogP contribution in [0.2, 0.25) is 0 Å². The first-order valence-corrected chi connectivity index (χ1v) is 11.2. The number of rotatable bonds is 10. The molecular formula is C24H26N2O6S. The number of thioether (sulfide) groups is 1. The number of carbonyl (C=O) groups excluding carboxylic acids is 3. The van der Waals surface area contributed by atoms with E-state index in [1.807, 2.05) is 25.1 Å². The molecule has 33 heavy (non-hydrogen) atoms. The van der Waals surface area contributed by atoms with Gasteiger partial charge in [-0.15, -0.1) is 0 Å². The molecule has 0 radical (unpaired) electrons. The Bertz CT molecular complexity index is 1070. The van der Waals surface area contributed by atoms with Gasteiger partial charge in [-0.25, -0.2) is 0 Å². The molecule has 1 fully saturated rings. The number of carbonyl (C=O) groups is 3. The van der Waals surface area contributed by atoms with E-state index < -0.39 is 5.91 Å². The molecule has 0 spiro atoms. The van der Waals surface area contributed by atoms with Crippen LogP contribution in [0.5, 0.6) is 17.2 Å². The van der Waals surface area contributed by atoms with Gasteiger partial charge in [-0.05, 0) is 48.5 Å². The largest absolute Gasteiger partial charge is 0.496 e. The lowest BCUT2D eigenvalue weighted by Gasteiger charge is -2.13. The molecule has 3 rings (SSSR count). The molecule has 9 heteroatoms. The van der Waals surface area contributed by atoms with E-state index in [0.717, 1.165) is 22.2 Å². The number of hydrogen-bond acceptors (Lipinski definition) is 7. The molecule has 1 aliphatic rings. The van der Waals surface area contributed by atoms with Gasteiger partial charge in [0.1, 0.15) is 5.75 Å². The van der Waals surface area contributed by atoms with Crippen molar-refractivity contribution in [1.82, 2.24) is 10.2 Å². The highest BCUT2D eigenvalue weighted by Crippen LogP contribution is 2.34. The zero-order valence-electron chi connectivity index (χ0n) is 18.8. The molecule has 0 aliphatic carbocycles. The number of methoxy groups -OCH3 is 2. The van der Waals surface area contributed by atoms with Crippen molar-refractivity contribution in [3.8, 4) is 17.2 Å². The summed E-state index contributed by atoms with van der Waals surface area (Å²) in [5.41, 5.74) is 1.48. The fourth-order valence-corrected chi connectivity index (χ4v) is 4.15. The average molecular weight is 471 g/mol. The summed E-state index contributed by atoms with van der Waals surface area (Å²) >= 11 is 0.868. The third kappa shape index (κ3) is 6.07. The van der Waals surface area contributed by atoms with Crippen LogP contribution in [-0.2, 0) is 16.0 Å². The quantitative estimate of drug-likeness (QED) is 0.531. The van der Waals surface area contributed by atoms with Crippen molar-refractivity contribution in [1.29, 1.82) is 0 Å². The van der Waals surface area contributed by atoms with Crippen molar-refractivity contribution in [3.63, 3.8) is 0 Å². The molecule has 0 unspecified atom stereocenters. The highest BCUT2D eigenvalue weighted by Gasteiger charge is 2.34. The second-order valence-corrected chi connectivity index (χ2v) is 8.01. The van der Waals surface area contributed by atoms with Crippen LogP contribution in [0.25, 0.3) is 6.08 Å². The lowest BCUT2D eigenvalue weighted by atomic mass is 10.1. The first kappa shape index (κ1) is 24.2. The van der Waals surface area contributed by atoms with Crippen molar-refractivity contribution in [2.24, 2.45) is 0 Å². The monoisotopic (exact) mass is 470 g/mol. The molecule has 3 amide bonds. The SMILES string of the molecule is CCOc1ccc(C=C2SC(=O)N(CCNC(=O)Cc3ccccc3OC)C2=O)cc1OC. The van der Waals surface area contributed by atoms with Crippen molar-refractivity contribution in [2.75, 3.05) is 33.9 Å². The lowest BCUT2D eigenvalue weighted by Crippen LogP contribution is -2.37. The molecule has 0 bridgehead atoms. The minimum absolute atomic E-state index is 0.0896. The Morgan fingerprint density at radius 3 is 2.55 bits per heavy atom. The van der Waals surface area contributed by atoms with Gasteiger partial charge in [-0.3, -0.25) is 19.3 Å². The van der Waals surface area contributed by atoms with Crippen LogP contribution in [0.15, 0.2) is 47.4 Å². The Morgan fingerprint density at radius 1 is 1.06 bits per heavy atom. The second kappa shape index (κ2) is 11.4. The lowest BCUT2D eigenvalue weighted by molar-refractivity contribution is -0.124. The molecule has 0 atom stereocenters. The summed E-state index contributed by atoms with van der Waals surface area (Å²) in [5, 5.41) is 2.38. The summed E-state index contributed by atoms with van der Waals surface area (Å²) in [6.45, 7) is 2.64. The van der Waals surface area contributed by atoms with Crippen LogP contribution in [0.1, 0.15) is 18.1 Å². The Morgan fingerprint density at radius 2 is 1.82 bits per heavy atom. The van der Waals surface area contributed by atoms with Crippen LogP contribution in [0.4, 0.5) is 4.79 Å². The normalized spacial score (nSPS) is 14.5. The van der Waals surface area contributed by atoms with Gasteiger partial charge in [0.05, 0.1) is 32.2 Å². The number of nitrogens with zero attached hydrogens (tertiary/aromatic N) is 1. The standard InChI is InChI=1S/C24H26N2O6S/c1-4-32-19-10-9-16(13-20(19)31-3)14-21-23(28)26(24(29)33-21)12-11-25-22(27)15-17-7-5-6-8-18(17)30-2/h5-10,13-14H,4,11-12,15H2,1-3H3,(H,25,27). The number of imide groups is 1. The van der Waals surface area contributed by atoms with Crippen LogP contribution < -0.4 is 19.5 Å². The van der Waals surface area contributed by atoms with Crippen molar-refractivity contribution < 1.29 is 28.6 Å². The third-order valence-corrected chi connectivity index (χ3v) is 5.77. The number of para-hydroxylation sites is 1. The van der Waals surface area contributed by atoms with Crippen LogP contribution >= 0.6 is 11.8 Å². The Balaban J connectivity index is 1.58. The molecule has 2 aromatic rings. The van der Waals surface area contributed by atoms with Crippen molar-refractivity contribution >= 4 is 34.9 Å². The van der Waals surface area contributed by atoms with Crippen LogP contribution in [0.3, 0.4) is 0 Å². The fraction of sp³-hybridized carbons (Fsp3) is 0.292. The first-order valence-electron chi connectivity index (χ1n) is 10.4. The van der Waals surface area contributed by atoms with E-state index in [0.29, 0.717) is 34.3 Å². The Hall–Kier alpha value is -3.46. The molecule has 2 aromatic carbocycles. The molecular weight excluding hydrogens is 444 g/mol. The van der Waals surface area contributed by atoms with Gasteiger partial charge in [-0.2, -0.15) is 0 Å². The maximum absolute atomic E-state index is 12.7. The van der Waals surface area contributed by atoms with Crippen LogP contribution in [0, 0.1) is 0 Å². The summed E-state index contributed by atoms with van der Waals surface area (Å²) in [7, 11) is 3.09. The van der Waals surface area contributed by atoms with Crippen molar-refractivity contribution in [2.45, 2.75) is 13.3 Å². The minimum Gasteiger partial charge on any atom is -0.496 e. The van der Waals surface area contributed by atoms with E-state index in [9.17, 15) is 14.4 Å². The highest BCUT2D eigenvalue weighted by molar-refractivity contribution is 8.18. The molecule has 8 nitrogen and oxygen atoms in total. The van der Waals surface area contributed by atoms with Gasteiger partial charge < -0.3 is 19.5 Å². The summed E-state index contributed by atoms with van der Waals surface area (Å²) < 4.78 is 16.1.